The molecule has 0 aliphatic heterocycles. The third-order valence-corrected chi connectivity index (χ3v) is 3.36. The molecule has 0 saturated heterocycles. The first-order valence-electron chi connectivity index (χ1n) is 6.58. The number of fused-ring (bicyclic) bond motifs is 1. The van der Waals surface area contributed by atoms with Crippen molar-refractivity contribution < 1.29 is 9.90 Å². The largest absolute Gasteiger partial charge is 0.390 e. The first kappa shape index (κ1) is 14.3. The standard InChI is InChI=1S/C14H20N4O2/c1-10(14(20)15-2)8-17(3)13-11(9-19)18-7-5-4-6-12(18)16-13/h4-7,10,19H,8-9H2,1-3H3,(H,15,20). The predicted octanol–water partition coefficient (Wildman–Crippen LogP) is 0.645. The lowest BCUT2D eigenvalue weighted by Crippen LogP contribution is -2.34. The van der Waals surface area contributed by atoms with Crippen LogP contribution in [0, 0.1) is 5.92 Å². The van der Waals surface area contributed by atoms with Crippen molar-refractivity contribution in [2.75, 3.05) is 25.5 Å². The van der Waals surface area contributed by atoms with E-state index in [1.54, 1.807) is 7.05 Å². The summed E-state index contributed by atoms with van der Waals surface area (Å²) in [6.45, 7) is 2.31. The van der Waals surface area contributed by atoms with Gasteiger partial charge >= 0.3 is 0 Å². The minimum Gasteiger partial charge on any atom is -0.390 e. The van der Waals surface area contributed by atoms with Crippen molar-refractivity contribution in [2.24, 2.45) is 5.92 Å². The molecule has 0 aromatic carbocycles. The van der Waals surface area contributed by atoms with E-state index < -0.39 is 0 Å². The number of nitrogens with one attached hydrogen (secondary N) is 1. The molecule has 20 heavy (non-hydrogen) atoms. The summed E-state index contributed by atoms with van der Waals surface area (Å²) >= 11 is 0. The SMILES string of the molecule is CNC(=O)C(C)CN(C)c1nc2ccccn2c1CO. The molecule has 1 amide bonds. The van der Waals surface area contributed by atoms with Crippen molar-refractivity contribution in [3.63, 3.8) is 0 Å². The predicted molar refractivity (Wildman–Crippen MR) is 77.6 cm³/mol. The molecule has 0 saturated carbocycles. The summed E-state index contributed by atoms with van der Waals surface area (Å²) in [5, 5.41) is 12.2. The van der Waals surface area contributed by atoms with Gasteiger partial charge in [0, 0.05) is 26.8 Å². The van der Waals surface area contributed by atoms with Crippen LogP contribution in [-0.2, 0) is 11.4 Å². The Balaban J connectivity index is 2.30. The first-order chi connectivity index (χ1) is 9.58. The van der Waals surface area contributed by atoms with Gasteiger partial charge in [0.15, 0.2) is 5.82 Å². The summed E-state index contributed by atoms with van der Waals surface area (Å²) in [4.78, 5) is 18.0. The van der Waals surface area contributed by atoms with Crippen molar-refractivity contribution in [1.29, 1.82) is 0 Å². The Labute approximate surface area is 118 Å². The molecule has 6 heteroatoms. The highest BCUT2D eigenvalue weighted by molar-refractivity contribution is 5.78. The van der Waals surface area contributed by atoms with Gasteiger partial charge in [-0.1, -0.05) is 13.0 Å². The van der Waals surface area contributed by atoms with Gasteiger partial charge in [-0.05, 0) is 12.1 Å². The second-order valence-corrected chi connectivity index (χ2v) is 4.86. The molecule has 0 radical (unpaired) electrons. The van der Waals surface area contributed by atoms with Crippen molar-refractivity contribution >= 4 is 17.4 Å². The van der Waals surface area contributed by atoms with E-state index in [-0.39, 0.29) is 18.4 Å². The summed E-state index contributed by atoms with van der Waals surface area (Å²) in [6, 6.07) is 5.68. The number of hydrogen-bond donors (Lipinski definition) is 2. The molecule has 0 aliphatic carbocycles. The molecule has 2 aromatic rings. The number of carbonyl (C=O) groups is 1. The molecule has 2 heterocycles. The quantitative estimate of drug-likeness (QED) is 0.841. The minimum absolute atomic E-state index is 0.00818. The van der Waals surface area contributed by atoms with Crippen LogP contribution in [0.3, 0.4) is 0 Å². The van der Waals surface area contributed by atoms with Crippen LogP contribution in [0.25, 0.3) is 5.65 Å². The zero-order chi connectivity index (χ0) is 14.7. The highest BCUT2D eigenvalue weighted by Gasteiger charge is 2.19. The lowest BCUT2D eigenvalue weighted by molar-refractivity contribution is -0.123. The average Bonchev–Trinajstić information content (AvgIpc) is 2.84. The van der Waals surface area contributed by atoms with E-state index in [0.717, 1.165) is 11.3 Å². The van der Waals surface area contributed by atoms with E-state index in [2.05, 4.69) is 10.3 Å². The fraction of sp³-hybridized carbons (Fsp3) is 0.429. The Morgan fingerprint density at radius 1 is 1.55 bits per heavy atom. The Morgan fingerprint density at radius 2 is 2.30 bits per heavy atom. The van der Waals surface area contributed by atoms with Crippen LogP contribution in [0.5, 0.6) is 0 Å². The molecule has 2 aromatic heterocycles. The number of carbonyl (C=O) groups excluding carboxylic acids is 1. The zero-order valence-electron chi connectivity index (χ0n) is 12.0. The Bertz CT molecular complexity index is 608. The van der Waals surface area contributed by atoms with Crippen molar-refractivity contribution in [1.82, 2.24) is 14.7 Å². The number of imidazole rings is 1. The van der Waals surface area contributed by atoms with E-state index in [1.807, 2.05) is 47.7 Å². The van der Waals surface area contributed by atoms with Gasteiger partial charge in [-0.2, -0.15) is 0 Å². The Morgan fingerprint density at radius 3 is 2.95 bits per heavy atom. The van der Waals surface area contributed by atoms with Crippen molar-refractivity contribution in [3.8, 4) is 0 Å². The topological polar surface area (TPSA) is 69.9 Å². The van der Waals surface area contributed by atoms with Gasteiger partial charge in [0.1, 0.15) is 5.65 Å². The number of aromatic nitrogens is 2. The first-order valence-corrected chi connectivity index (χ1v) is 6.58. The van der Waals surface area contributed by atoms with Crippen LogP contribution >= 0.6 is 0 Å². The van der Waals surface area contributed by atoms with Gasteiger partial charge in [0.25, 0.3) is 0 Å². The Kier molecular flexibility index (Phi) is 4.24. The van der Waals surface area contributed by atoms with Gasteiger partial charge in [0.05, 0.1) is 18.2 Å². The molecular formula is C14H20N4O2. The molecule has 1 atom stereocenters. The molecule has 0 bridgehead atoms. The highest BCUT2D eigenvalue weighted by Crippen LogP contribution is 2.21. The molecule has 2 rings (SSSR count). The monoisotopic (exact) mass is 276 g/mol. The maximum atomic E-state index is 11.6. The lowest BCUT2D eigenvalue weighted by atomic mass is 10.1. The van der Waals surface area contributed by atoms with Crippen LogP contribution in [0.1, 0.15) is 12.6 Å². The number of hydrogen-bond acceptors (Lipinski definition) is 4. The summed E-state index contributed by atoms with van der Waals surface area (Å²) in [5.41, 5.74) is 1.51. The molecule has 0 spiro atoms. The number of aliphatic hydroxyl groups is 1. The number of aliphatic hydroxyl groups excluding tert-OH is 1. The van der Waals surface area contributed by atoms with Crippen LogP contribution in [0.2, 0.25) is 0 Å². The second-order valence-electron chi connectivity index (χ2n) is 4.86. The van der Waals surface area contributed by atoms with Crippen LogP contribution in [0.15, 0.2) is 24.4 Å². The van der Waals surface area contributed by atoms with Gasteiger partial charge in [-0.15, -0.1) is 0 Å². The summed E-state index contributed by atoms with van der Waals surface area (Å²) in [5.74, 6) is 0.543. The number of amides is 1. The Hall–Kier alpha value is -2.08. The van der Waals surface area contributed by atoms with Gasteiger partial charge in [-0.25, -0.2) is 4.98 Å². The average molecular weight is 276 g/mol. The maximum Gasteiger partial charge on any atom is 0.224 e. The van der Waals surface area contributed by atoms with Gasteiger partial charge in [-0.3, -0.25) is 9.20 Å². The molecule has 2 N–H and O–H groups in total. The van der Waals surface area contributed by atoms with Gasteiger partial charge < -0.3 is 15.3 Å². The van der Waals surface area contributed by atoms with Crippen molar-refractivity contribution in [2.45, 2.75) is 13.5 Å². The molecule has 0 fully saturated rings. The van der Waals surface area contributed by atoms with E-state index in [9.17, 15) is 9.90 Å². The summed E-state index contributed by atoms with van der Waals surface area (Å²) < 4.78 is 1.86. The lowest BCUT2D eigenvalue weighted by Gasteiger charge is -2.21. The third kappa shape index (κ3) is 2.60. The van der Waals surface area contributed by atoms with Gasteiger partial charge in [0.2, 0.25) is 5.91 Å². The third-order valence-electron chi connectivity index (χ3n) is 3.36. The normalized spacial score (nSPS) is 12.4. The van der Waals surface area contributed by atoms with Crippen LogP contribution < -0.4 is 10.2 Å². The summed E-state index contributed by atoms with van der Waals surface area (Å²) in [7, 11) is 3.50. The minimum atomic E-state index is -0.152. The van der Waals surface area contributed by atoms with Crippen LogP contribution in [0.4, 0.5) is 5.82 Å². The number of pyridine rings is 1. The highest BCUT2D eigenvalue weighted by atomic mass is 16.3. The number of anilines is 1. The molecule has 1 unspecified atom stereocenters. The van der Waals surface area contributed by atoms with E-state index in [0.29, 0.717) is 12.4 Å². The number of nitrogens with zero attached hydrogens (tertiary/aromatic N) is 3. The van der Waals surface area contributed by atoms with E-state index in [1.165, 1.54) is 0 Å². The van der Waals surface area contributed by atoms with E-state index >= 15 is 0 Å². The molecular weight excluding hydrogens is 256 g/mol. The molecule has 108 valence electrons. The smallest absolute Gasteiger partial charge is 0.224 e. The summed E-state index contributed by atoms with van der Waals surface area (Å²) in [6.07, 6.45) is 1.87. The van der Waals surface area contributed by atoms with Crippen molar-refractivity contribution in [3.05, 3.63) is 30.1 Å². The van der Waals surface area contributed by atoms with Crippen LogP contribution in [-0.4, -0.2) is 41.0 Å². The van der Waals surface area contributed by atoms with E-state index in [4.69, 9.17) is 0 Å². The zero-order valence-corrected chi connectivity index (χ0v) is 12.0. The number of rotatable bonds is 5. The second kappa shape index (κ2) is 5.92. The maximum absolute atomic E-state index is 11.6. The molecule has 0 aliphatic rings. The molecule has 6 nitrogen and oxygen atoms in total. The fourth-order valence-electron chi connectivity index (χ4n) is 2.31. The fourth-order valence-corrected chi connectivity index (χ4v) is 2.31.